The highest BCUT2D eigenvalue weighted by atomic mass is 16.5. The molecular weight excluding hydrogens is 330 g/mol. The van der Waals surface area contributed by atoms with Crippen molar-refractivity contribution in [1.82, 2.24) is 5.16 Å². The number of benzene rings is 1. The molecule has 0 bridgehead atoms. The molecule has 1 atom stereocenters. The third-order valence-corrected chi connectivity index (χ3v) is 7.09. The second-order valence-electron chi connectivity index (χ2n) is 9.60. The van der Waals surface area contributed by atoms with Gasteiger partial charge < -0.3 is 4.52 Å². The van der Waals surface area contributed by atoms with Crippen LogP contribution in [0.25, 0.3) is 5.57 Å². The molecule has 2 heteroatoms. The van der Waals surface area contributed by atoms with Gasteiger partial charge >= 0.3 is 0 Å². The number of hydrogen-bond donors (Lipinski definition) is 0. The zero-order chi connectivity index (χ0) is 20.0. The van der Waals surface area contributed by atoms with Gasteiger partial charge in [0, 0.05) is 12.5 Å². The molecule has 2 nitrogen and oxygen atoms in total. The van der Waals surface area contributed by atoms with Crippen molar-refractivity contribution in [2.45, 2.75) is 85.5 Å². The van der Waals surface area contributed by atoms with Gasteiger partial charge in [0.1, 0.15) is 5.76 Å². The standard InChI is InChI=1S/C25H35NO/c1-9-10-18-13-22-23(25(7,8)17(4)24(22,5)6)15-21(18)20(16(2)3)14-19-11-12-26-27-19/h11-13,15,17H,9-10,14H2,1-8H3. The van der Waals surface area contributed by atoms with Crippen LogP contribution in [0.15, 0.2) is 34.5 Å². The summed E-state index contributed by atoms with van der Waals surface area (Å²) < 4.78 is 5.44. The molecule has 0 N–H and O–H groups in total. The largest absolute Gasteiger partial charge is 0.361 e. The van der Waals surface area contributed by atoms with Crippen LogP contribution in [0.1, 0.15) is 89.8 Å². The number of allylic oxidation sites excluding steroid dienone is 2. The third-order valence-electron chi connectivity index (χ3n) is 7.09. The van der Waals surface area contributed by atoms with Gasteiger partial charge in [-0.05, 0) is 64.8 Å². The Hall–Kier alpha value is -1.83. The molecule has 1 aromatic carbocycles. The second-order valence-corrected chi connectivity index (χ2v) is 9.60. The second kappa shape index (κ2) is 6.96. The smallest absolute Gasteiger partial charge is 0.141 e. The summed E-state index contributed by atoms with van der Waals surface area (Å²) in [6.45, 7) is 18.8. The lowest BCUT2D eigenvalue weighted by Gasteiger charge is -2.32. The Morgan fingerprint density at radius 2 is 1.70 bits per heavy atom. The van der Waals surface area contributed by atoms with Gasteiger partial charge in [-0.25, -0.2) is 0 Å². The number of fused-ring (bicyclic) bond motifs is 1. The summed E-state index contributed by atoms with van der Waals surface area (Å²) >= 11 is 0. The van der Waals surface area contributed by atoms with Crippen molar-refractivity contribution in [3.8, 4) is 0 Å². The molecule has 1 heterocycles. The third kappa shape index (κ3) is 3.28. The fourth-order valence-corrected chi connectivity index (χ4v) is 4.89. The van der Waals surface area contributed by atoms with Crippen LogP contribution in [-0.4, -0.2) is 5.16 Å². The van der Waals surface area contributed by atoms with E-state index in [4.69, 9.17) is 4.52 Å². The van der Waals surface area contributed by atoms with Crippen molar-refractivity contribution in [3.63, 3.8) is 0 Å². The molecule has 0 amide bonds. The van der Waals surface area contributed by atoms with E-state index in [0.29, 0.717) is 5.92 Å². The zero-order valence-electron chi connectivity index (χ0n) is 18.4. The van der Waals surface area contributed by atoms with E-state index in [-0.39, 0.29) is 10.8 Å². The first-order chi connectivity index (χ1) is 12.6. The lowest BCUT2D eigenvalue weighted by molar-refractivity contribution is 0.264. The van der Waals surface area contributed by atoms with Gasteiger partial charge in [0.05, 0.1) is 6.20 Å². The fourth-order valence-electron chi connectivity index (χ4n) is 4.89. The summed E-state index contributed by atoms with van der Waals surface area (Å²) in [6.07, 6.45) is 4.81. The maximum Gasteiger partial charge on any atom is 0.141 e. The Balaban J connectivity index is 2.21. The molecule has 0 aliphatic heterocycles. The Morgan fingerprint density at radius 3 is 2.22 bits per heavy atom. The van der Waals surface area contributed by atoms with Crippen molar-refractivity contribution in [2.24, 2.45) is 5.92 Å². The molecule has 1 aliphatic carbocycles. The predicted molar refractivity (Wildman–Crippen MR) is 114 cm³/mol. The Labute approximate surface area is 165 Å². The van der Waals surface area contributed by atoms with Gasteiger partial charge in [0.2, 0.25) is 0 Å². The predicted octanol–water partition coefficient (Wildman–Crippen LogP) is 6.87. The van der Waals surface area contributed by atoms with Crippen LogP contribution in [0.4, 0.5) is 0 Å². The molecule has 1 unspecified atom stereocenters. The van der Waals surface area contributed by atoms with Gasteiger partial charge in [0.15, 0.2) is 0 Å². The minimum Gasteiger partial charge on any atom is -0.361 e. The molecule has 0 spiro atoms. The van der Waals surface area contributed by atoms with E-state index in [1.165, 1.54) is 27.8 Å². The minimum atomic E-state index is 0.178. The number of hydrogen-bond acceptors (Lipinski definition) is 2. The Bertz CT molecular complexity index is 849. The first-order valence-corrected chi connectivity index (χ1v) is 10.3. The molecular formula is C25H35NO. The van der Waals surface area contributed by atoms with E-state index >= 15 is 0 Å². The average Bonchev–Trinajstić information content (AvgIpc) is 3.15. The molecule has 0 saturated carbocycles. The summed E-state index contributed by atoms with van der Waals surface area (Å²) in [6, 6.07) is 7.00. The lowest BCUT2D eigenvalue weighted by Crippen LogP contribution is -2.30. The quantitative estimate of drug-likeness (QED) is 0.578. The van der Waals surface area contributed by atoms with E-state index in [2.05, 4.69) is 72.7 Å². The van der Waals surface area contributed by atoms with Crippen LogP contribution < -0.4 is 0 Å². The summed E-state index contributed by atoms with van der Waals surface area (Å²) in [7, 11) is 0. The summed E-state index contributed by atoms with van der Waals surface area (Å²) in [4.78, 5) is 0. The van der Waals surface area contributed by atoms with Gasteiger partial charge in [-0.2, -0.15) is 0 Å². The fraction of sp³-hybridized carbons (Fsp3) is 0.560. The number of nitrogens with zero attached hydrogens (tertiary/aromatic N) is 1. The highest BCUT2D eigenvalue weighted by Crippen LogP contribution is 2.54. The first-order valence-electron chi connectivity index (χ1n) is 10.3. The molecule has 2 aromatic rings. The molecule has 3 rings (SSSR count). The van der Waals surface area contributed by atoms with Crippen LogP contribution in [0.3, 0.4) is 0 Å². The minimum absolute atomic E-state index is 0.178. The molecule has 0 radical (unpaired) electrons. The highest BCUT2D eigenvalue weighted by Gasteiger charge is 2.48. The van der Waals surface area contributed by atoms with Gasteiger partial charge in [-0.1, -0.05) is 70.8 Å². The van der Waals surface area contributed by atoms with Crippen molar-refractivity contribution < 1.29 is 4.52 Å². The number of rotatable bonds is 5. The average molecular weight is 366 g/mol. The highest BCUT2D eigenvalue weighted by molar-refractivity contribution is 5.74. The Morgan fingerprint density at radius 1 is 1.07 bits per heavy atom. The van der Waals surface area contributed by atoms with E-state index in [9.17, 15) is 0 Å². The topological polar surface area (TPSA) is 26.0 Å². The molecule has 1 aromatic heterocycles. The first kappa shape index (κ1) is 19.9. The molecule has 27 heavy (non-hydrogen) atoms. The van der Waals surface area contributed by atoms with Crippen LogP contribution in [0, 0.1) is 5.92 Å². The van der Waals surface area contributed by atoms with Crippen LogP contribution in [0.5, 0.6) is 0 Å². The van der Waals surface area contributed by atoms with E-state index in [0.717, 1.165) is 25.0 Å². The number of aryl methyl sites for hydroxylation is 1. The maximum atomic E-state index is 5.44. The van der Waals surface area contributed by atoms with Crippen molar-refractivity contribution in [2.75, 3.05) is 0 Å². The summed E-state index contributed by atoms with van der Waals surface area (Å²) in [5.41, 5.74) is 9.06. The molecule has 146 valence electrons. The molecule has 1 aliphatic rings. The molecule has 0 saturated heterocycles. The normalized spacial score (nSPS) is 19.8. The monoisotopic (exact) mass is 365 g/mol. The van der Waals surface area contributed by atoms with Crippen LogP contribution in [0.2, 0.25) is 0 Å². The van der Waals surface area contributed by atoms with Gasteiger partial charge in [-0.15, -0.1) is 0 Å². The van der Waals surface area contributed by atoms with Gasteiger partial charge in [0.25, 0.3) is 0 Å². The van der Waals surface area contributed by atoms with Crippen molar-refractivity contribution >= 4 is 5.57 Å². The summed E-state index contributed by atoms with van der Waals surface area (Å²) in [5.74, 6) is 1.54. The van der Waals surface area contributed by atoms with Crippen molar-refractivity contribution in [3.05, 3.63) is 58.0 Å². The number of aromatic nitrogens is 1. The lowest BCUT2D eigenvalue weighted by atomic mass is 9.71. The zero-order valence-corrected chi connectivity index (χ0v) is 18.4. The van der Waals surface area contributed by atoms with Crippen LogP contribution >= 0.6 is 0 Å². The van der Waals surface area contributed by atoms with Crippen molar-refractivity contribution in [1.29, 1.82) is 0 Å². The van der Waals surface area contributed by atoms with E-state index in [1.807, 2.05) is 6.07 Å². The Kier molecular flexibility index (Phi) is 5.14. The van der Waals surface area contributed by atoms with E-state index < -0.39 is 0 Å². The van der Waals surface area contributed by atoms with Gasteiger partial charge in [-0.3, -0.25) is 0 Å². The SMILES string of the molecule is CCCc1cc2c(cc1C(Cc1ccno1)=C(C)C)C(C)(C)C(C)C2(C)C. The molecule has 0 fully saturated rings. The maximum absolute atomic E-state index is 5.44. The summed E-state index contributed by atoms with van der Waals surface area (Å²) in [5, 5.41) is 3.90. The van der Waals surface area contributed by atoms with E-state index in [1.54, 1.807) is 11.8 Å². The van der Waals surface area contributed by atoms with Crippen LogP contribution in [-0.2, 0) is 23.7 Å².